The van der Waals surface area contributed by atoms with Crippen LogP contribution in [0.15, 0.2) is 30.5 Å². The number of hydrogen-bond donors (Lipinski definition) is 8. The molecule has 2 aromatic rings. The van der Waals surface area contributed by atoms with Crippen molar-refractivity contribution in [3.8, 4) is 0 Å². The molecule has 0 radical (unpaired) electrons. The fraction of sp³-hybridized carbons (Fsp3) is 0.520. The van der Waals surface area contributed by atoms with Gasteiger partial charge in [0.15, 0.2) is 0 Å². The molecule has 0 aliphatic heterocycles. The summed E-state index contributed by atoms with van der Waals surface area (Å²) in [6.45, 7) is 6.09. The van der Waals surface area contributed by atoms with E-state index in [2.05, 4.69) is 20.9 Å². The third-order valence-corrected chi connectivity index (χ3v) is 5.90. The molecule has 6 unspecified atom stereocenters. The van der Waals surface area contributed by atoms with Crippen molar-refractivity contribution in [2.75, 3.05) is 0 Å². The van der Waals surface area contributed by atoms with Gasteiger partial charge >= 0.3 is 5.97 Å². The molecule has 9 N–H and O–H groups in total. The van der Waals surface area contributed by atoms with Gasteiger partial charge in [0.2, 0.25) is 17.7 Å². The number of rotatable bonds is 13. The molecule has 0 saturated heterocycles. The van der Waals surface area contributed by atoms with Gasteiger partial charge in [0.1, 0.15) is 18.1 Å². The second-order valence-corrected chi connectivity index (χ2v) is 9.65. The van der Waals surface area contributed by atoms with Gasteiger partial charge in [-0.25, -0.2) is 4.79 Å². The van der Waals surface area contributed by atoms with Crippen LogP contribution >= 0.6 is 0 Å². The van der Waals surface area contributed by atoms with E-state index in [9.17, 15) is 34.5 Å². The summed E-state index contributed by atoms with van der Waals surface area (Å²) >= 11 is 0. The number of carbonyl (C=O) groups is 4. The van der Waals surface area contributed by atoms with E-state index < -0.39 is 60.1 Å². The van der Waals surface area contributed by atoms with Gasteiger partial charge in [0.25, 0.3) is 0 Å². The van der Waals surface area contributed by atoms with Crippen LogP contribution in [0.2, 0.25) is 0 Å². The Hall–Kier alpha value is -3.48. The summed E-state index contributed by atoms with van der Waals surface area (Å²) < 4.78 is 0. The number of H-pyrrole nitrogens is 1. The lowest BCUT2D eigenvalue weighted by atomic mass is 10.0. The average molecular weight is 520 g/mol. The number of amides is 3. The highest BCUT2D eigenvalue weighted by Gasteiger charge is 2.34. The molecule has 0 aliphatic rings. The fourth-order valence-corrected chi connectivity index (χ4v) is 3.90. The monoisotopic (exact) mass is 519 g/mol. The van der Waals surface area contributed by atoms with Crippen LogP contribution in [0.5, 0.6) is 0 Å². The number of aliphatic hydroxyl groups is 2. The molecule has 0 fully saturated rings. The van der Waals surface area contributed by atoms with Gasteiger partial charge in [0, 0.05) is 17.1 Å². The first-order valence-electron chi connectivity index (χ1n) is 12.1. The standard InChI is InChI=1S/C25H37N5O7/c1-12(2)9-19(25(36)37)28-23(34)20(13(3)31)30-24(35)21(14(4)32)29-22(33)17(26)10-15-11-27-18-8-6-5-7-16(15)18/h5-8,11-14,17,19-21,27,31-32H,9-10,26H2,1-4H3,(H,28,34)(H,29,33)(H,30,35)(H,36,37). The van der Waals surface area contributed by atoms with Gasteiger partial charge in [-0.05, 0) is 44.2 Å². The minimum Gasteiger partial charge on any atom is -0.480 e. The number of aliphatic hydroxyl groups excluding tert-OH is 2. The van der Waals surface area contributed by atoms with E-state index in [1.165, 1.54) is 13.8 Å². The molecule has 12 nitrogen and oxygen atoms in total. The summed E-state index contributed by atoms with van der Waals surface area (Å²) in [5.41, 5.74) is 7.75. The Kier molecular flexibility index (Phi) is 10.6. The van der Waals surface area contributed by atoms with Gasteiger partial charge in [-0.15, -0.1) is 0 Å². The third kappa shape index (κ3) is 8.27. The molecule has 0 bridgehead atoms. The highest BCUT2D eigenvalue weighted by Crippen LogP contribution is 2.18. The zero-order chi connectivity index (χ0) is 27.9. The van der Waals surface area contributed by atoms with Crippen molar-refractivity contribution in [1.82, 2.24) is 20.9 Å². The average Bonchev–Trinajstić information content (AvgIpc) is 3.22. The van der Waals surface area contributed by atoms with Crippen molar-refractivity contribution in [3.63, 3.8) is 0 Å². The fourth-order valence-electron chi connectivity index (χ4n) is 3.90. The van der Waals surface area contributed by atoms with Crippen LogP contribution in [0.25, 0.3) is 10.9 Å². The van der Waals surface area contributed by atoms with Gasteiger partial charge in [-0.1, -0.05) is 32.0 Å². The SMILES string of the molecule is CC(C)CC(NC(=O)C(NC(=O)C(NC(=O)C(N)Cc1c[nH]c2ccccc12)C(C)O)C(C)O)C(=O)O. The van der Waals surface area contributed by atoms with Crippen LogP contribution in [0, 0.1) is 5.92 Å². The van der Waals surface area contributed by atoms with Crippen LogP contribution in [-0.2, 0) is 25.6 Å². The topological polar surface area (TPSA) is 207 Å². The summed E-state index contributed by atoms with van der Waals surface area (Å²) in [5.74, 6) is -3.85. The molecule has 1 heterocycles. The Balaban J connectivity index is 2.08. The van der Waals surface area contributed by atoms with E-state index >= 15 is 0 Å². The molecule has 1 aromatic carbocycles. The summed E-state index contributed by atoms with van der Waals surface area (Å²) in [6, 6.07) is 2.21. The maximum Gasteiger partial charge on any atom is 0.326 e. The third-order valence-electron chi connectivity index (χ3n) is 5.90. The number of para-hydroxylation sites is 1. The van der Waals surface area contributed by atoms with Crippen molar-refractivity contribution in [3.05, 3.63) is 36.0 Å². The van der Waals surface area contributed by atoms with Crippen molar-refractivity contribution in [2.24, 2.45) is 11.7 Å². The zero-order valence-electron chi connectivity index (χ0n) is 21.4. The number of aromatic amines is 1. The quantitative estimate of drug-likeness (QED) is 0.171. The zero-order valence-corrected chi connectivity index (χ0v) is 21.4. The van der Waals surface area contributed by atoms with Crippen LogP contribution in [0.3, 0.4) is 0 Å². The van der Waals surface area contributed by atoms with Gasteiger partial charge in [-0.2, -0.15) is 0 Å². The second-order valence-electron chi connectivity index (χ2n) is 9.65. The van der Waals surface area contributed by atoms with E-state index in [0.29, 0.717) is 0 Å². The lowest BCUT2D eigenvalue weighted by Gasteiger charge is -2.27. The molecule has 2 rings (SSSR count). The minimum absolute atomic E-state index is 0.0377. The molecule has 0 aliphatic carbocycles. The van der Waals surface area contributed by atoms with Crippen LogP contribution in [0.4, 0.5) is 0 Å². The van der Waals surface area contributed by atoms with Crippen LogP contribution in [-0.4, -0.2) is 80.4 Å². The lowest BCUT2D eigenvalue weighted by Crippen LogP contribution is -2.62. The Labute approximate surface area is 215 Å². The predicted octanol–water partition coefficient (Wildman–Crippen LogP) is -0.616. The van der Waals surface area contributed by atoms with Crippen molar-refractivity contribution in [2.45, 2.75) is 76.9 Å². The Bertz CT molecular complexity index is 1100. The molecule has 0 saturated carbocycles. The highest BCUT2D eigenvalue weighted by molar-refractivity contribution is 5.95. The molecular formula is C25H37N5O7. The molecule has 0 spiro atoms. The number of carboxylic acids is 1. The van der Waals surface area contributed by atoms with Gasteiger partial charge in [-0.3, -0.25) is 14.4 Å². The Morgan fingerprint density at radius 1 is 0.892 bits per heavy atom. The summed E-state index contributed by atoms with van der Waals surface area (Å²) in [6.07, 6.45) is -0.717. The number of carbonyl (C=O) groups excluding carboxylic acids is 3. The number of hydrogen-bond acceptors (Lipinski definition) is 7. The van der Waals surface area contributed by atoms with E-state index in [4.69, 9.17) is 5.73 Å². The van der Waals surface area contributed by atoms with Crippen LogP contribution in [0.1, 0.15) is 39.7 Å². The van der Waals surface area contributed by atoms with E-state index in [1.807, 2.05) is 24.3 Å². The maximum absolute atomic E-state index is 12.9. The smallest absolute Gasteiger partial charge is 0.326 e. The number of fused-ring (bicyclic) bond motifs is 1. The maximum atomic E-state index is 12.9. The summed E-state index contributed by atoms with van der Waals surface area (Å²) in [4.78, 5) is 53.0. The molecule has 12 heteroatoms. The van der Waals surface area contributed by atoms with Crippen molar-refractivity contribution in [1.29, 1.82) is 0 Å². The van der Waals surface area contributed by atoms with E-state index in [-0.39, 0.29) is 18.8 Å². The first kappa shape index (κ1) is 29.7. The summed E-state index contributed by atoms with van der Waals surface area (Å²) in [5, 5.41) is 37.5. The summed E-state index contributed by atoms with van der Waals surface area (Å²) in [7, 11) is 0. The number of benzene rings is 1. The molecule has 204 valence electrons. The number of aliphatic carboxylic acids is 1. The molecule has 1 aromatic heterocycles. The highest BCUT2D eigenvalue weighted by atomic mass is 16.4. The molecule has 6 atom stereocenters. The van der Waals surface area contributed by atoms with E-state index in [1.54, 1.807) is 20.0 Å². The largest absolute Gasteiger partial charge is 0.480 e. The van der Waals surface area contributed by atoms with E-state index in [0.717, 1.165) is 16.5 Å². The normalized spacial score (nSPS) is 16.3. The van der Waals surface area contributed by atoms with Crippen molar-refractivity contribution >= 4 is 34.6 Å². The second kappa shape index (κ2) is 13.2. The van der Waals surface area contributed by atoms with Crippen molar-refractivity contribution < 1.29 is 34.5 Å². The van der Waals surface area contributed by atoms with Crippen LogP contribution < -0.4 is 21.7 Å². The first-order valence-corrected chi connectivity index (χ1v) is 12.1. The molecular weight excluding hydrogens is 482 g/mol. The van der Waals surface area contributed by atoms with Gasteiger partial charge < -0.3 is 42.0 Å². The number of aromatic nitrogens is 1. The molecule has 37 heavy (non-hydrogen) atoms. The minimum atomic E-state index is -1.53. The number of nitrogens with one attached hydrogen (secondary N) is 4. The predicted molar refractivity (Wildman–Crippen MR) is 136 cm³/mol. The lowest BCUT2D eigenvalue weighted by molar-refractivity contribution is -0.143. The number of nitrogens with two attached hydrogens (primary N) is 1. The Morgan fingerprint density at radius 3 is 1.97 bits per heavy atom. The van der Waals surface area contributed by atoms with Gasteiger partial charge in [0.05, 0.1) is 18.2 Å². The Morgan fingerprint density at radius 2 is 1.43 bits per heavy atom. The number of carboxylic acid groups (broad SMARTS) is 1. The molecule has 3 amide bonds. The first-order chi connectivity index (χ1) is 17.3.